The summed E-state index contributed by atoms with van der Waals surface area (Å²) in [5, 5.41) is 15.8. The number of aryl methyl sites for hydroxylation is 1. The molecule has 0 aromatic carbocycles. The van der Waals surface area contributed by atoms with Gasteiger partial charge in [0.2, 0.25) is 0 Å². The van der Waals surface area contributed by atoms with Gasteiger partial charge in [0.1, 0.15) is 0 Å². The minimum atomic E-state index is -0.0180. The largest absolute Gasteiger partial charge is 0.390 e. The number of aliphatic hydroxyl groups is 1. The van der Waals surface area contributed by atoms with Gasteiger partial charge in [-0.25, -0.2) is 4.52 Å². The SMILES string of the molecule is Cc1cc2c3cnccc3cc(CO)n2n1. The number of rotatable bonds is 1. The lowest BCUT2D eigenvalue weighted by atomic mass is 10.1. The lowest BCUT2D eigenvalue weighted by Crippen LogP contribution is -1.99. The number of fused-ring (bicyclic) bond motifs is 3. The van der Waals surface area contributed by atoms with Crippen molar-refractivity contribution in [2.75, 3.05) is 0 Å². The molecular formula is C12H11N3O. The number of nitrogens with zero attached hydrogens (tertiary/aromatic N) is 3. The first-order chi connectivity index (χ1) is 7.79. The average molecular weight is 213 g/mol. The van der Waals surface area contributed by atoms with Crippen LogP contribution in [0, 0.1) is 6.92 Å². The fourth-order valence-electron chi connectivity index (χ4n) is 2.01. The molecule has 0 aliphatic rings. The summed E-state index contributed by atoms with van der Waals surface area (Å²) in [6, 6.07) is 5.89. The van der Waals surface area contributed by atoms with E-state index < -0.39 is 0 Å². The smallest absolute Gasteiger partial charge is 0.0854 e. The lowest BCUT2D eigenvalue weighted by molar-refractivity contribution is 0.274. The zero-order valence-corrected chi connectivity index (χ0v) is 8.88. The molecule has 0 saturated heterocycles. The van der Waals surface area contributed by atoms with E-state index in [2.05, 4.69) is 10.1 Å². The molecule has 0 aliphatic carbocycles. The fourth-order valence-corrected chi connectivity index (χ4v) is 2.01. The first-order valence-electron chi connectivity index (χ1n) is 5.12. The van der Waals surface area contributed by atoms with Crippen molar-refractivity contribution in [2.45, 2.75) is 13.5 Å². The summed E-state index contributed by atoms with van der Waals surface area (Å²) in [4.78, 5) is 4.12. The monoisotopic (exact) mass is 213 g/mol. The third kappa shape index (κ3) is 1.20. The van der Waals surface area contributed by atoms with E-state index >= 15 is 0 Å². The molecule has 0 bridgehead atoms. The van der Waals surface area contributed by atoms with Crippen LogP contribution in [0.2, 0.25) is 0 Å². The van der Waals surface area contributed by atoms with Gasteiger partial charge in [-0.05, 0) is 30.5 Å². The van der Waals surface area contributed by atoms with E-state index in [9.17, 15) is 5.11 Å². The van der Waals surface area contributed by atoms with Crippen LogP contribution in [0.4, 0.5) is 0 Å². The third-order valence-electron chi connectivity index (χ3n) is 2.72. The molecule has 3 heterocycles. The molecule has 0 radical (unpaired) electrons. The van der Waals surface area contributed by atoms with Gasteiger partial charge in [0, 0.05) is 17.8 Å². The van der Waals surface area contributed by atoms with Crippen LogP contribution in [-0.2, 0) is 6.61 Å². The number of pyridine rings is 2. The van der Waals surface area contributed by atoms with E-state index in [-0.39, 0.29) is 6.61 Å². The topological polar surface area (TPSA) is 50.4 Å². The van der Waals surface area contributed by atoms with Gasteiger partial charge in [-0.3, -0.25) is 4.98 Å². The predicted molar refractivity (Wildman–Crippen MR) is 61.2 cm³/mol. The first-order valence-corrected chi connectivity index (χ1v) is 5.12. The van der Waals surface area contributed by atoms with Gasteiger partial charge >= 0.3 is 0 Å². The van der Waals surface area contributed by atoms with Crippen LogP contribution in [0.15, 0.2) is 30.6 Å². The van der Waals surface area contributed by atoms with Gasteiger partial charge in [-0.2, -0.15) is 5.10 Å². The van der Waals surface area contributed by atoms with Crippen molar-refractivity contribution >= 4 is 16.3 Å². The second-order valence-corrected chi connectivity index (χ2v) is 3.84. The van der Waals surface area contributed by atoms with Crippen molar-refractivity contribution in [3.8, 4) is 0 Å². The highest BCUT2D eigenvalue weighted by Gasteiger charge is 2.07. The summed E-state index contributed by atoms with van der Waals surface area (Å²) < 4.78 is 1.78. The molecule has 4 heteroatoms. The molecule has 1 N–H and O–H groups in total. The molecule has 0 saturated carbocycles. The van der Waals surface area contributed by atoms with Crippen molar-refractivity contribution in [2.24, 2.45) is 0 Å². The highest BCUT2D eigenvalue weighted by atomic mass is 16.3. The molecule has 0 aliphatic heterocycles. The Hall–Kier alpha value is -1.94. The molecule has 0 fully saturated rings. The molecular weight excluding hydrogens is 202 g/mol. The van der Waals surface area contributed by atoms with Gasteiger partial charge in [0.05, 0.1) is 23.5 Å². The molecule has 80 valence electrons. The fraction of sp³-hybridized carbons (Fsp3) is 0.167. The molecule has 0 atom stereocenters. The molecule has 0 unspecified atom stereocenters. The Morgan fingerprint density at radius 1 is 1.38 bits per heavy atom. The van der Waals surface area contributed by atoms with Crippen LogP contribution in [0.1, 0.15) is 11.4 Å². The average Bonchev–Trinajstić information content (AvgIpc) is 2.69. The zero-order valence-electron chi connectivity index (χ0n) is 8.88. The Kier molecular flexibility index (Phi) is 1.91. The number of aromatic nitrogens is 3. The summed E-state index contributed by atoms with van der Waals surface area (Å²) in [5.74, 6) is 0. The highest BCUT2D eigenvalue weighted by Crippen LogP contribution is 2.21. The molecule has 3 aromatic rings. The summed E-state index contributed by atoms with van der Waals surface area (Å²) in [6.07, 6.45) is 3.58. The minimum absolute atomic E-state index is 0.0180. The maximum absolute atomic E-state index is 9.33. The zero-order chi connectivity index (χ0) is 11.1. The Bertz CT molecular complexity index is 672. The number of hydrogen-bond acceptors (Lipinski definition) is 3. The minimum Gasteiger partial charge on any atom is -0.390 e. The van der Waals surface area contributed by atoms with Crippen molar-refractivity contribution < 1.29 is 5.11 Å². The van der Waals surface area contributed by atoms with Crippen LogP contribution in [0.5, 0.6) is 0 Å². The normalized spacial score (nSPS) is 11.4. The number of hydrogen-bond donors (Lipinski definition) is 1. The van der Waals surface area contributed by atoms with Crippen molar-refractivity contribution in [3.63, 3.8) is 0 Å². The van der Waals surface area contributed by atoms with Crippen LogP contribution in [0.3, 0.4) is 0 Å². The molecule has 4 nitrogen and oxygen atoms in total. The molecule has 3 aromatic heterocycles. The summed E-state index contributed by atoms with van der Waals surface area (Å²) >= 11 is 0. The molecule has 16 heavy (non-hydrogen) atoms. The van der Waals surface area contributed by atoms with Gasteiger partial charge in [0.25, 0.3) is 0 Å². The quantitative estimate of drug-likeness (QED) is 0.669. The van der Waals surface area contributed by atoms with Crippen molar-refractivity contribution in [1.29, 1.82) is 0 Å². The van der Waals surface area contributed by atoms with Crippen molar-refractivity contribution in [1.82, 2.24) is 14.6 Å². The van der Waals surface area contributed by atoms with E-state index in [0.29, 0.717) is 0 Å². The van der Waals surface area contributed by atoms with Crippen LogP contribution < -0.4 is 0 Å². The van der Waals surface area contributed by atoms with Crippen LogP contribution in [-0.4, -0.2) is 19.7 Å². The highest BCUT2D eigenvalue weighted by molar-refractivity contribution is 5.95. The summed E-state index contributed by atoms with van der Waals surface area (Å²) in [7, 11) is 0. The number of aliphatic hydroxyl groups excluding tert-OH is 1. The summed E-state index contributed by atoms with van der Waals surface area (Å²) in [6.45, 7) is 1.92. The van der Waals surface area contributed by atoms with Gasteiger partial charge < -0.3 is 5.11 Å². The lowest BCUT2D eigenvalue weighted by Gasteiger charge is -2.05. The van der Waals surface area contributed by atoms with E-state index in [1.165, 1.54) is 0 Å². The van der Waals surface area contributed by atoms with Gasteiger partial charge in [-0.1, -0.05) is 0 Å². The maximum atomic E-state index is 9.33. The Balaban J connectivity index is 2.56. The Labute approximate surface area is 92.2 Å². The second-order valence-electron chi connectivity index (χ2n) is 3.84. The molecule has 0 spiro atoms. The van der Waals surface area contributed by atoms with Gasteiger partial charge in [0.15, 0.2) is 0 Å². The third-order valence-corrected chi connectivity index (χ3v) is 2.72. The summed E-state index contributed by atoms with van der Waals surface area (Å²) in [5.41, 5.74) is 2.72. The second kappa shape index (κ2) is 3.28. The molecule has 3 rings (SSSR count). The van der Waals surface area contributed by atoms with Crippen LogP contribution in [0.25, 0.3) is 16.3 Å². The standard InChI is InChI=1S/C12H11N3O/c1-8-4-12-11-6-13-3-2-9(11)5-10(7-16)15(12)14-8/h2-6,16H,7H2,1H3. The Morgan fingerprint density at radius 2 is 2.25 bits per heavy atom. The maximum Gasteiger partial charge on any atom is 0.0854 e. The van der Waals surface area contributed by atoms with Gasteiger partial charge in [-0.15, -0.1) is 0 Å². The first kappa shape index (κ1) is 9.30. The predicted octanol–water partition coefficient (Wildman–Crippen LogP) is 1.68. The van der Waals surface area contributed by atoms with E-state index in [1.54, 1.807) is 10.7 Å². The van der Waals surface area contributed by atoms with Crippen molar-refractivity contribution in [3.05, 3.63) is 42.0 Å². The Morgan fingerprint density at radius 3 is 3.06 bits per heavy atom. The van der Waals surface area contributed by atoms with E-state index in [1.807, 2.05) is 31.3 Å². The van der Waals surface area contributed by atoms with Crippen LogP contribution >= 0.6 is 0 Å². The van der Waals surface area contributed by atoms with E-state index in [4.69, 9.17) is 0 Å². The van der Waals surface area contributed by atoms with E-state index in [0.717, 1.165) is 27.7 Å². The molecule has 0 amide bonds.